The number of fused-ring (bicyclic) bond motifs is 1. The molecule has 3 rings (SSSR count). The van der Waals surface area contributed by atoms with E-state index >= 15 is 0 Å². The van der Waals surface area contributed by atoms with Crippen LogP contribution in [0.4, 0.5) is 17.8 Å². The van der Waals surface area contributed by atoms with Gasteiger partial charge in [0, 0.05) is 26.6 Å². The predicted octanol–water partition coefficient (Wildman–Crippen LogP) is 1.27. The topological polar surface area (TPSA) is 80.0 Å². The summed E-state index contributed by atoms with van der Waals surface area (Å²) in [7, 11) is 3.75. The fourth-order valence-electron chi connectivity index (χ4n) is 2.42. The highest BCUT2D eigenvalue weighted by Gasteiger charge is 2.25. The van der Waals surface area contributed by atoms with Crippen LogP contribution in [0.15, 0.2) is 24.3 Å². The number of hydrogen-bond donors (Lipinski definition) is 2. The second-order valence-corrected chi connectivity index (χ2v) is 5.19. The normalized spacial score (nSPS) is 16.2. The van der Waals surface area contributed by atoms with Crippen LogP contribution in [0.2, 0.25) is 0 Å². The molecule has 1 unspecified atom stereocenters. The number of nitrogens with zero attached hydrogens (tertiary/aromatic N) is 4. The molecule has 0 saturated carbocycles. The lowest BCUT2D eigenvalue weighted by Gasteiger charge is -2.30. The molecule has 0 spiro atoms. The van der Waals surface area contributed by atoms with Crippen molar-refractivity contribution in [3.05, 3.63) is 35.4 Å². The second-order valence-electron chi connectivity index (χ2n) is 5.19. The minimum atomic E-state index is 0.236. The van der Waals surface area contributed by atoms with E-state index in [0.717, 1.165) is 13.0 Å². The number of benzene rings is 1. The van der Waals surface area contributed by atoms with E-state index in [4.69, 9.17) is 5.73 Å². The standard InChI is InChI=1S/C14H18N6/c1-20(2)14-18-12(15)17-13(19-14)16-8-10-7-9-5-3-4-6-11(9)10/h3-6,10H,7-8H2,1-2H3,(H3,15,16,17,18,19). The Morgan fingerprint density at radius 3 is 2.80 bits per heavy atom. The monoisotopic (exact) mass is 270 g/mol. The van der Waals surface area contributed by atoms with E-state index < -0.39 is 0 Å². The number of aromatic nitrogens is 3. The number of hydrogen-bond acceptors (Lipinski definition) is 6. The van der Waals surface area contributed by atoms with Gasteiger partial charge in [-0.05, 0) is 17.5 Å². The summed E-state index contributed by atoms with van der Waals surface area (Å²) in [6.45, 7) is 0.813. The van der Waals surface area contributed by atoms with E-state index in [1.54, 1.807) is 0 Å². The highest BCUT2D eigenvalue weighted by Crippen LogP contribution is 2.34. The molecule has 6 nitrogen and oxygen atoms in total. The molecule has 3 N–H and O–H groups in total. The van der Waals surface area contributed by atoms with Crippen LogP contribution in [0.1, 0.15) is 17.0 Å². The molecule has 1 aromatic carbocycles. The zero-order valence-corrected chi connectivity index (χ0v) is 11.7. The van der Waals surface area contributed by atoms with E-state index in [-0.39, 0.29) is 5.95 Å². The van der Waals surface area contributed by atoms with Crippen molar-refractivity contribution in [2.24, 2.45) is 0 Å². The zero-order valence-electron chi connectivity index (χ0n) is 11.7. The molecule has 6 heteroatoms. The van der Waals surface area contributed by atoms with Crippen LogP contribution in [0.3, 0.4) is 0 Å². The van der Waals surface area contributed by atoms with Gasteiger partial charge in [-0.2, -0.15) is 15.0 Å². The van der Waals surface area contributed by atoms with Gasteiger partial charge in [0.15, 0.2) is 0 Å². The Morgan fingerprint density at radius 2 is 2.05 bits per heavy atom. The quantitative estimate of drug-likeness (QED) is 0.871. The molecule has 1 aliphatic carbocycles. The second kappa shape index (κ2) is 4.96. The van der Waals surface area contributed by atoms with Crippen molar-refractivity contribution < 1.29 is 0 Å². The molecule has 0 radical (unpaired) electrons. The Kier molecular flexibility index (Phi) is 3.14. The maximum absolute atomic E-state index is 5.70. The Hall–Kier alpha value is -2.37. The van der Waals surface area contributed by atoms with Gasteiger partial charge in [-0.15, -0.1) is 0 Å². The van der Waals surface area contributed by atoms with Crippen molar-refractivity contribution >= 4 is 17.8 Å². The average Bonchev–Trinajstić information content (AvgIpc) is 2.39. The summed E-state index contributed by atoms with van der Waals surface area (Å²) in [5.74, 6) is 1.85. The van der Waals surface area contributed by atoms with Crippen molar-refractivity contribution in [3.63, 3.8) is 0 Å². The smallest absolute Gasteiger partial charge is 0.231 e. The Morgan fingerprint density at radius 1 is 1.25 bits per heavy atom. The first-order valence-electron chi connectivity index (χ1n) is 6.64. The predicted molar refractivity (Wildman–Crippen MR) is 79.9 cm³/mol. The molecule has 104 valence electrons. The van der Waals surface area contributed by atoms with Crippen LogP contribution in [-0.4, -0.2) is 35.6 Å². The molecule has 2 aromatic rings. The summed E-state index contributed by atoms with van der Waals surface area (Å²) in [5.41, 5.74) is 8.54. The van der Waals surface area contributed by atoms with Crippen LogP contribution in [0.25, 0.3) is 0 Å². The average molecular weight is 270 g/mol. The lowest BCUT2D eigenvalue weighted by atomic mass is 9.78. The Labute approximate surface area is 118 Å². The summed E-state index contributed by atoms with van der Waals surface area (Å²) in [4.78, 5) is 14.3. The molecule has 0 fully saturated rings. The maximum Gasteiger partial charge on any atom is 0.231 e. The molecule has 1 aromatic heterocycles. The van der Waals surface area contributed by atoms with Gasteiger partial charge in [-0.1, -0.05) is 24.3 Å². The molecule has 1 atom stereocenters. The van der Waals surface area contributed by atoms with E-state index in [9.17, 15) is 0 Å². The van der Waals surface area contributed by atoms with Gasteiger partial charge < -0.3 is 16.0 Å². The van der Waals surface area contributed by atoms with Crippen LogP contribution in [0.5, 0.6) is 0 Å². The van der Waals surface area contributed by atoms with Crippen molar-refractivity contribution in [2.45, 2.75) is 12.3 Å². The molecular formula is C14H18N6. The number of rotatable bonds is 4. The number of nitrogen functional groups attached to an aromatic ring is 1. The molecule has 0 saturated heterocycles. The van der Waals surface area contributed by atoms with Gasteiger partial charge in [0.2, 0.25) is 17.8 Å². The van der Waals surface area contributed by atoms with Gasteiger partial charge in [0.05, 0.1) is 0 Å². The van der Waals surface area contributed by atoms with Crippen molar-refractivity contribution in [3.8, 4) is 0 Å². The van der Waals surface area contributed by atoms with Gasteiger partial charge in [-0.25, -0.2) is 0 Å². The third kappa shape index (κ3) is 2.36. The SMILES string of the molecule is CN(C)c1nc(N)nc(NCC2Cc3ccccc32)n1. The maximum atomic E-state index is 5.70. The van der Waals surface area contributed by atoms with Crippen molar-refractivity contribution in [1.29, 1.82) is 0 Å². The molecule has 20 heavy (non-hydrogen) atoms. The van der Waals surface area contributed by atoms with Gasteiger partial charge in [0.25, 0.3) is 0 Å². The minimum Gasteiger partial charge on any atom is -0.368 e. The first kappa shape index (κ1) is 12.7. The van der Waals surface area contributed by atoms with Crippen LogP contribution in [-0.2, 0) is 6.42 Å². The first-order chi connectivity index (χ1) is 9.63. The molecule has 0 amide bonds. The van der Waals surface area contributed by atoms with E-state index in [1.807, 2.05) is 19.0 Å². The lowest BCUT2D eigenvalue weighted by Crippen LogP contribution is -2.25. The van der Waals surface area contributed by atoms with E-state index in [0.29, 0.717) is 17.8 Å². The lowest BCUT2D eigenvalue weighted by molar-refractivity contribution is 0.633. The third-order valence-electron chi connectivity index (χ3n) is 3.51. The number of nitrogens with one attached hydrogen (secondary N) is 1. The Balaban J connectivity index is 1.68. The highest BCUT2D eigenvalue weighted by molar-refractivity contribution is 5.44. The molecule has 1 heterocycles. The van der Waals surface area contributed by atoms with E-state index in [1.165, 1.54) is 11.1 Å². The molecular weight excluding hydrogens is 252 g/mol. The van der Waals surface area contributed by atoms with Crippen LogP contribution in [0, 0.1) is 0 Å². The molecule has 1 aliphatic rings. The Bertz CT molecular complexity index is 625. The summed E-state index contributed by atoms with van der Waals surface area (Å²) in [6.07, 6.45) is 1.10. The first-order valence-corrected chi connectivity index (χ1v) is 6.64. The van der Waals surface area contributed by atoms with E-state index in [2.05, 4.69) is 44.5 Å². The largest absolute Gasteiger partial charge is 0.368 e. The van der Waals surface area contributed by atoms with Gasteiger partial charge >= 0.3 is 0 Å². The van der Waals surface area contributed by atoms with Crippen molar-refractivity contribution in [2.75, 3.05) is 36.6 Å². The zero-order chi connectivity index (χ0) is 14.1. The number of nitrogens with two attached hydrogens (primary N) is 1. The molecule has 0 bridgehead atoms. The summed E-state index contributed by atoms with van der Waals surface area (Å²) < 4.78 is 0. The van der Waals surface area contributed by atoms with Crippen LogP contribution < -0.4 is 16.0 Å². The van der Waals surface area contributed by atoms with Gasteiger partial charge in [-0.3, -0.25) is 0 Å². The molecule has 0 aliphatic heterocycles. The number of anilines is 3. The van der Waals surface area contributed by atoms with Crippen LogP contribution >= 0.6 is 0 Å². The fourth-order valence-corrected chi connectivity index (χ4v) is 2.42. The highest BCUT2D eigenvalue weighted by atomic mass is 15.3. The summed E-state index contributed by atoms with van der Waals surface area (Å²) >= 11 is 0. The summed E-state index contributed by atoms with van der Waals surface area (Å²) in [6, 6.07) is 8.52. The third-order valence-corrected chi connectivity index (χ3v) is 3.51. The summed E-state index contributed by atoms with van der Waals surface area (Å²) in [5, 5.41) is 3.25. The fraction of sp³-hybridized carbons (Fsp3) is 0.357. The van der Waals surface area contributed by atoms with Crippen molar-refractivity contribution in [1.82, 2.24) is 15.0 Å². The minimum absolute atomic E-state index is 0.236. The van der Waals surface area contributed by atoms with Gasteiger partial charge in [0.1, 0.15) is 0 Å².